The average molecular weight is 251 g/mol. The van der Waals surface area contributed by atoms with Crippen molar-refractivity contribution < 1.29 is 0 Å². The van der Waals surface area contributed by atoms with Crippen LogP contribution in [0, 0.1) is 5.92 Å². The third-order valence-corrected chi connectivity index (χ3v) is 5.22. The van der Waals surface area contributed by atoms with Crippen molar-refractivity contribution in [1.82, 2.24) is 15.1 Å². The zero-order valence-corrected chi connectivity index (χ0v) is 11.9. The molecule has 2 atom stereocenters. The standard InChI is InChI=1S/C15H29N3/c1-2-8-18(11-14-4-3-7-16-14)15-12-17-9-5-13(15)6-10-17/h13-16H,2-12H2,1H3. The molecule has 4 heterocycles. The van der Waals surface area contributed by atoms with Gasteiger partial charge in [-0.05, 0) is 64.2 Å². The second kappa shape index (κ2) is 5.89. The molecule has 0 aromatic carbocycles. The van der Waals surface area contributed by atoms with Crippen molar-refractivity contribution in [2.24, 2.45) is 5.92 Å². The van der Waals surface area contributed by atoms with Crippen molar-refractivity contribution in [2.45, 2.75) is 51.1 Å². The molecule has 4 saturated heterocycles. The van der Waals surface area contributed by atoms with Gasteiger partial charge in [-0.25, -0.2) is 0 Å². The fourth-order valence-corrected chi connectivity index (χ4v) is 4.22. The minimum Gasteiger partial charge on any atom is -0.313 e. The molecule has 2 unspecified atom stereocenters. The van der Waals surface area contributed by atoms with Crippen LogP contribution in [-0.2, 0) is 0 Å². The first-order valence-corrected chi connectivity index (χ1v) is 8.06. The maximum absolute atomic E-state index is 3.67. The third kappa shape index (κ3) is 2.73. The zero-order valence-electron chi connectivity index (χ0n) is 11.9. The highest BCUT2D eigenvalue weighted by Crippen LogP contribution is 2.31. The van der Waals surface area contributed by atoms with Gasteiger partial charge in [0.15, 0.2) is 0 Å². The van der Waals surface area contributed by atoms with Crippen LogP contribution in [0.5, 0.6) is 0 Å². The molecule has 0 spiro atoms. The Kier molecular flexibility index (Phi) is 4.22. The van der Waals surface area contributed by atoms with Crippen LogP contribution in [0.1, 0.15) is 39.0 Å². The molecule has 0 saturated carbocycles. The maximum Gasteiger partial charge on any atom is 0.0252 e. The van der Waals surface area contributed by atoms with E-state index in [9.17, 15) is 0 Å². The molecule has 0 aliphatic carbocycles. The molecular weight excluding hydrogens is 222 g/mol. The molecule has 4 aliphatic heterocycles. The van der Waals surface area contributed by atoms with Crippen LogP contribution in [0.2, 0.25) is 0 Å². The maximum atomic E-state index is 3.67. The Morgan fingerprint density at radius 1 is 1.22 bits per heavy atom. The number of hydrogen-bond donors (Lipinski definition) is 1. The topological polar surface area (TPSA) is 18.5 Å². The van der Waals surface area contributed by atoms with Gasteiger partial charge in [0.1, 0.15) is 0 Å². The number of nitrogens with zero attached hydrogens (tertiary/aromatic N) is 2. The van der Waals surface area contributed by atoms with E-state index in [0.717, 1.165) is 18.0 Å². The number of nitrogens with one attached hydrogen (secondary N) is 1. The summed E-state index contributed by atoms with van der Waals surface area (Å²) in [6.07, 6.45) is 6.97. The lowest BCUT2D eigenvalue weighted by molar-refractivity contribution is 0.00210. The Labute approximate surface area is 112 Å². The minimum absolute atomic E-state index is 0.770. The van der Waals surface area contributed by atoms with E-state index in [1.165, 1.54) is 71.4 Å². The Bertz CT molecular complexity index is 254. The van der Waals surface area contributed by atoms with Crippen molar-refractivity contribution in [3.05, 3.63) is 0 Å². The van der Waals surface area contributed by atoms with Crippen LogP contribution >= 0.6 is 0 Å². The predicted molar refractivity (Wildman–Crippen MR) is 75.8 cm³/mol. The summed E-state index contributed by atoms with van der Waals surface area (Å²) in [6.45, 7) is 10.2. The molecule has 4 fully saturated rings. The molecule has 0 aromatic rings. The van der Waals surface area contributed by atoms with Gasteiger partial charge in [-0.1, -0.05) is 6.92 Å². The summed E-state index contributed by atoms with van der Waals surface area (Å²) in [6, 6.07) is 1.63. The Morgan fingerprint density at radius 2 is 2.06 bits per heavy atom. The quantitative estimate of drug-likeness (QED) is 0.800. The van der Waals surface area contributed by atoms with E-state index < -0.39 is 0 Å². The van der Waals surface area contributed by atoms with Gasteiger partial charge in [0.25, 0.3) is 0 Å². The van der Waals surface area contributed by atoms with Crippen molar-refractivity contribution >= 4 is 0 Å². The molecule has 4 rings (SSSR count). The van der Waals surface area contributed by atoms with Crippen molar-refractivity contribution in [3.63, 3.8) is 0 Å². The van der Waals surface area contributed by atoms with E-state index in [2.05, 4.69) is 22.0 Å². The van der Waals surface area contributed by atoms with Gasteiger partial charge in [0, 0.05) is 25.2 Å². The molecule has 3 heteroatoms. The van der Waals surface area contributed by atoms with Crippen molar-refractivity contribution in [2.75, 3.05) is 39.3 Å². The fourth-order valence-electron chi connectivity index (χ4n) is 4.22. The van der Waals surface area contributed by atoms with Gasteiger partial charge in [-0.3, -0.25) is 4.90 Å². The summed E-state index contributed by atoms with van der Waals surface area (Å²) in [5.41, 5.74) is 0. The lowest BCUT2D eigenvalue weighted by atomic mass is 9.83. The van der Waals surface area contributed by atoms with Crippen molar-refractivity contribution in [1.29, 1.82) is 0 Å². The van der Waals surface area contributed by atoms with Crippen LogP contribution < -0.4 is 5.32 Å². The number of hydrogen-bond acceptors (Lipinski definition) is 3. The van der Waals surface area contributed by atoms with Gasteiger partial charge in [-0.15, -0.1) is 0 Å². The lowest BCUT2D eigenvalue weighted by Crippen LogP contribution is -2.59. The van der Waals surface area contributed by atoms with Crippen molar-refractivity contribution in [3.8, 4) is 0 Å². The number of fused-ring (bicyclic) bond motifs is 3. The smallest absolute Gasteiger partial charge is 0.0252 e. The van der Waals surface area contributed by atoms with Crippen LogP contribution in [0.25, 0.3) is 0 Å². The third-order valence-electron chi connectivity index (χ3n) is 5.22. The zero-order chi connectivity index (χ0) is 12.4. The Balaban J connectivity index is 1.61. The van der Waals surface area contributed by atoms with E-state index >= 15 is 0 Å². The molecule has 104 valence electrons. The molecule has 2 bridgehead atoms. The first kappa shape index (κ1) is 12.9. The van der Waals surface area contributed by atoms with Gasteiger partial charge >= 0.3 is 0 Å². The van der Waals surface area contributed by atoms with Gasteiger partial charge in [0.2, 0.25) is 0 Å². The van der Waals surface area contributed by atoms with Crippen LogP contribution in [-0.4, -0.2) is 61.2 Å². The second-order valence-corrected chi connectivity index (χ2v) is 6.49. The molecular formula is C15H29N3. The predicted octanol–water partition coefficient (Wildman–Crippen LogP) is 1.54. The summed E-state index contributed by atoms with van der Waals surface area (Å²) in [4.78, 5) is 5.51. The van der Waals surface area contributed by atoms with E-state index in [-0.39, 0.29) is 0 Å². The number of piperidine rings is 3. The first-order valence-electron chi connectivity index (χ1n) is 8.06. The highest BCUT2D eigenvalue weighted by Gasteiger charge is 2.37. The van der Waals surface area contributed by atoms with E-state index in [1.54, 1.807) is 0 Å². The van der Waals surface area contributed by atoms with Crippen LogP contribution in [0.3, 0.4) is 0 Å². The van der Waals surface area contributed by atoms with Gasteiger partial charge in [0.05, 0.1) is 0 Å². The molecule has 0 amide bonds. The minimum atomic E-state index is 0.770. The lowest BCUT2D eigenvalue weighted by Gasteiger charge is -2.49. The second-order valence-electron chi connectivity index (χ2n) is 6.49. The Hall–Kier alpha value is -0.120. The molecule has 18 heavy (non-hydrogen) atoms. The first-order chi connectivity index (χ1) is 8.86. The molecule has 4 aliphatic rings. The summed E-state index contributed by atoms with van der Waals surface area (Å²) < 4.78 is 0. The SMILES string of the molecule is CCCN(CC1CCCN1)C1CN2CCC1CC2. The average Bonchev–Trinajstić information content (AvgIpc) is 2.92. The Morgan fingerprint density at radius 3 is 2.61 bits per heavy atom. The molecule has 0 radical (unpaired) electrons. The van der Waals surface area contributed by atoms with E-state index in [4.69, 9.17) is 0 Å². The van der Waals surface area contributed by atoms with E-state index in [1.807, 2.05) is 0 Å². The van der Waals surface area contributed by atoms with Crippen LogP contribution in [0.15, 0.2) is 0 Å². The highest BCUT2D eigenvalue weighted by molar-refractivity contribution is 4.93. The summed E-state index contributed by atoms with van der Waals surface area (Å²) in [5.74, 6) is 0.989. The summed E-state index contributed by atoms with van der Waals surface area (Å²) >= 11 is 0. The molecule has 1 N–H and O–H groups in total. The van der Waals surface area contributed by atoms with Crippen LogP contribution in [0.4, 0.5) is 0 Å². The molecule has 0 aromatic heterocycles. The monoisotopic (exact) mass is 251 g/mol. The van der Waals surface area contributed by atoms with Gasteiger partial charge < -0.3 is 10.2 Å². The normalized spacial score (nSPS) is 39.7. The fraction of sp³-hybridized carbons (Fsp3) is 1.00. The summed E-state index contributed by atoms with van der Waals surface area (Å²) in [5, 5.41) is 3.67. The van der Waals surface area contributed by atoms with E-state index in [0.29, 0.717) is 0 Å². The number of rotatable bonds is 5. The molecule has 3 nitrogen and oxygen atoms in total. The van der Waals surface area contributed by atoms with Gasteiger partial charge in [-0.2, -0.15) is 0 Å². The largest absolute Gasteiger partial charge is 0.313 e. The summed E-state index contributed by atoms with van der Waals surface area (Å²) in [7, 11) is 0. The highest BCUT2D eigenvalue weighted by atomic mass is 15.3.